The maximum absolute atomic E-state index is 4.81. The quantitative estimate of drug-likeness (QED) is 0.506. The Morgan fingerprint density at radius 2 is 2.13 bits per heavy atom. The summed E-state index contributed by atoms with van der Waals surface area (Å²) in [6.45, 7) is 9.64. The molecule has 0 aromatic rings. The Kier molecular flexibility index (Phi) is 3.49. The van der Waals surface area contributed by atoms with Gasteiger partial charge in [0.15, 0.2) is 5.70 Å². The fraction of sp³-hybridized carbons (Fsp3) is 0.400. The van der Waals surface area contributed by atoms with E-state index in [1.165, 1.54) is 0 Å². The molecule has 0 aromatic carbocycles. The van der Waals surface area contributed by atoms with Gasteiger partial charge in [0.05, 0.1) is 0 Å². The van der Waals surface area contributed by atoms with E-state index in [0.29, 0.717) is 5.70 Å². The highest BCUT2D eigenvalue weighted by Gasteiger charge is 2.14. The Morgan fingerprint density at radius 3 is 2.73 bits per heavy atom. The van der Waals surface area contributed by atoms with Crippen molar-refractivity contribution in [1.29, 1.82) is 0 Å². The highest BCUT2D eigenvalue weighted by molar-refractivity contribution is 5.94. The molecule has 0 aliphatic carbocycles. The van der Waals surface area contributed by atoms with Crippen molar-refractivity contribution < 1.29 is 4.84 Å². The van der Waals surface area contributed by atoms with Gasteiger partial charge >= 0.3 is 0 Å². The van der Waals surface area contributed by atoms with Crippen LogP contribution in [0.25, 0.3) is 0 Å². The van der Waals surface area contributed by atoms with Crippen LogP contribution in [0.1, 0.15) is 20.8 Å². The fourth-order valence-electron chi connectivity index (χ4n) is 0.733. The van der Waals surface area contributed by atoms with E-state index in [2.05, 4.69) is 27.2 Å². The van der Waals surface area contributed by atoms with Gasteiger partial charge in [0.1, 0.15) is 0 Å². The zero-order chi connectivity index (χ0) is 11.3. The molecule has 0 saturated heterocycles. The van der Waals surface area contributed by atoms with E-state index in [-0.39, 0.29) is 11.3 Å². The van der Waals surface area contributed by atoms with Gasteiger partial charge in [-0.1, -0.05) is 33.4 Å². The first-order valence-corrected chi connectivity index (χ1v) is 4.56. The third-order valence-electron chi connectivity index (χ3n) is 1.36. The first-order valence-electron chi connectivity index (χ1n) is 4.56. The molecule has 1 heterocycles. The van der Waals surface area contributed by atoms with E-state index in [1.54, 1.807) is 18.4 Å². The topological polar surface area (TPSA) is 58.7 Å². The molecule has 1 aliphatic rings. The summed E-state index contributed by atoms with van der Waals surface area (Å²) >= 11 is 0. The molecule has 0 unspecified atom stereocenters. The monoisotopic (exact) mass is 206 g/mol. The van der Waals surface area contributed by atoms with Crippen LogP contribution in [0.2, 0.25) is 0 Å². The van der Waals surface area contributed by atoms with Gasteiger partial charge in [0, 0.05) is 11.5 Å². The summed E-state index contributed by atoms with van der Waals surface area (Å²) in [6, 6.07) is 0. The van der Waals surface area contributed by atoms with E-state index < -0.39 is 0 Å². The number of hydrogen-bond donors (Lipinski definition) is 0. The molecule has 0 bridgehead atoms. The normalized spacial score (nSPS) is 21.5. The Morgan fingerprint density at radius 1 is 1.40 bits per heavy atom. The minimum absolute atomic E-state index is 0.0146. The van der Waals surface area contributed by atoms with Crippen LogP contribution in [-0.2, 0) is 4.84 Å². The van der Waals surface area contributed by atoms with Crippen molar-refractivity contribution in [2.24, 2.45) is 26.0 Å². The molecule has 1 aliphatic heterocycles. The lowest BCUT2D eigenvalue weighted by Crippen LogP contribution is -2.06. The second-order valence-electron chi connectivity index (χ2n) is 4.08. The Balaban J connectivity index is 2.73. The Hall–Kier alpha value is -1.78. The summed E-state index contributed by atoms with van der Waals surface area (Å²) in [7, 11) is 0. The predicted octanol–water partition coefficient (Wildman–Crippen LogP) is 2.88. The molecule has 0 radical (unpaired) electrons. The lowest BCUT2D eigenvalue weighted by molar-refractivity contribution is 0.321. The van der Waals surface area contributed by atoms with Crippen LogP contribution in [0, 0.1) is 5.41 Å². The van der Waals surface area contributed by atoms with Gasteiger partial charge in [-0.15, -0.1) is 10.2 Å². The van der Waals surface area contributed by atoms with Gasteiger partial charge in [-0.05, 0) is 11.5 Å². The van der Waals surface area contributed by atoms with Crippen molar-refractivity contribution in [1.82, 2.24) is 0 Å². The van der Waals surface area contributed by atoms with Crippen LogP contribution in [0.3, 0.4) is 0 Å². The van der Waals surface area contributed by atoms with Gasteiger partial charge in [-0.3, -0.25) is 0 Å². The standard InChI is InChI=1S/C10H14N4O/c1-5-6-8-9(15-14-12-8)13-11-7-10(2,3)4/h5-7H,1H2,2-4H3/b8-6+,11-7+,13-9+. The SMILES string of the molecule is C=C/C=C1/N=NO/C1=N/N=C/C(C)(C)C. The molecule has 0 N–H and O–H groups in total. The maximum Gasteiger partial charge on any atom is 0.296 e. The second kappa shape index (κ2) is 4.63. The van der Waals surface area contributed by atoms with Crippen LogP contribution in [0.4, 0.5) is 0 Å². The van der Waals surface area contributed by atoms with Crippen LogP contribution >= 0.6 is 0 Å². The summed E-state index contributed by atoms with van der Waals surface area (Å²) < 4.78 is 0. The van der Waals surface area contributed by atoms with Crippen molar-refractivity contribution in [3.05, 3.63) is 24.4 Å². The second-order valence-corrected chi connectivity index (χ2v) is 4.08. The molecule has 5 heteroatoms. The van der Waals surface area contributed by atoms with Crippen molar-refractivity contribution >= 4 is 12.1 Å². The molecular weight excluding hydrogens is 192 g/mol. The molecule has 0 atom stereocenters. The van der Waals surface area contributed by atoms with Gasteiger partial charge < -0.3 is 4.84 Å². The maximum atomic E-state index is 4.81. The summed E-state index contributed by atoms with van der Waals surface area (Å²) in [4.78, 5) is 4.81. The molecule has 0 aromatic heterocycles. The van der Waals surface area contributed by atoms with E-state index in [0.717, 1.165) is 0 Å². The first-order chi connectivity index (χ1) is 7.03. The third-order valence-corrected chi connectivity index (χ3v) is 1.36. The van der Waals surface area contributed by atoms with Crippen LogP contribution < -0.4 is 0 Å². The molecule has 5 nitrogen and oxygen atoms in total. The lowest BCUT2D eigenvalue weighted by atomic mass is 9.99. The average molecular weight is 206 g/mol. The molecule has 0 amide bonds. The number of nitrogens with zero attached hydrogens (tertiary/aromatic N) is 4. The van der Waals surface area contributed by atoms with Crippen molar-refractivity contribution in [3.63, 3.8) is 0 Å². The zero-order valence-electron chi connectivity index (χ0n) is 9.14. The molecule has 80 valence electrons. The zero-order valence-corrected chi connectivity index (χ0v) is 9.14. The molecule has 0 saturated carbocycles. The molecule has 0 fully saturated rings. The highest BCUT2D eigenvalue weighted by atomic mass is 16.7. The Labute approximate surface area is 88.9 Å². The minimum Gasteiger partial charge on any atom is -0.314 e. The van der Waals surface area contributed by atoms with Gasteiger partial charge in [0.2, 0.25) is 0 Å². The summed E-state index contributed by atoms with van der Waals surface area (Å²) in [6.07, 6.45) is 4.97. The average Bonchev–Trinajstić information content (AvgIpc) is 2.51. The van der Waals surface area contributed by atoms with Gasteiger partial charge in [-0.2, -0.15) is 5.10 Å². The van der Waals surface area contributed by atoms with Gasteiger partial charge in [-0.25, -0.2) is 0 Å². The summed E-state index contributed by atoms with van der Waals surface area (Å²) in [5.41, 5.74) is 0.510. The fourth-order valence-corrected chi connectivity index (χ4v) is 0.733. The van der Waals surface area contributed by atoms with Crippen LogP contribution in [-0.4, -0.2) is 12.1 Å². The van der Waals surface area contributed by atoms with E-state index >= 15 is 0 Å². The third kappa shape index (κ3) is 3.84. The minimum atomic E-state index is -0.0146. The van der Waals surface area contributed by atoms with E-state index in [1.807, 2.05) is 20.8 Å². The van der Waals surface area contributed by atoms with E-state index in [9.17, 15) is 0 Å². The summed E-state index contributed by atoms with van der Waals surface area (Å²) in [5.74, 6) is 0.287. The number of rotatable bonds is 2. The van der Waals surface area contributed by atoms with Crippen molar-refractivity contribution in [3.8, 4) is 0 Å². The van der Waals surface area contributed by atoms with Crippen LogP contribution in [0.5, 0.6) is 0 Å². The molecule has 1 rings (SSSR count). The van der Waals surface area contributed by atoms with E-state index in [4.69, 9.17) is 4.84 Å². The smallest absolute Gasteiger partial charge is 0.296 e. The largest absolute Gasteiger partial charge is 0.314 e. The van der Waals surface area contributed by atoms with Crippen LogP contribution in [0.15, 0.2) is 45.0 Å². The number of allylic oxidation sites excluding steroid dienone is 2. The highest BCUT2D eigenvalue weighted by Crippen LogP contribution is 2.13. The predicted molar refractivity (Wildman–Crippen MR) is 59.6 cm³/mol. The lowest BCUT2D eigenvalue weighted by Gasteiger charge is -2.07. The molecule has 0 spiro atoms. The molecule has 15 heavy (non-hydrogen) atoms. The molecular formula is C10H14N4O. The summed E-state index contributed by atoms with van der Waals surface area (Å²) in [5, 5.41) is 14.9. The number of hydrogen-bond acceptors (Lipinski definition) is 5. The van der Waals surface area contributed by atoms with Crippen molar-refractivity contribution in [2.75, 3.05) is 0 Å². The van der Waals surface area contributed by atoms with Gasteiger partial charge in [0.25, 0.3) is 5.90 Å². The first kappa shape index (κ1) is 11.3. The van der Waals surface area contributed by atoms with Crippen molar-refractivity contribution in [2.45, 2.75) is 20.8 Å². The Bertz CT molecular complexity index is 358.